The van der Waals surface area contributed by atoms with Gasteiger partial charge in [-0.25, -0.2) is 0 Å². The van der Waals surface area contributed by atoms with Gasteiger partial charge >= 0.3 is 0 Å². The molecule has 0 saturated carbocycles. The largest absolute Gasteiger partial charge is 0.496 e. The van der Waals surface area contributed by atoms with E-state index in [1.165, 1.54) is 16.7 Å². The molecule has 3 heteroatoms. The van der Waals surface area contributed by atoms with Gasteiger partial charge in [0.05, 0.1) is 7.11 Å². The van der Waals surface area contributed by atoms with Crippen molar-refractivity contribution in [1.82, 2.24) is 10.3 Å². The molecule has 1 unspecified atom stereocenters. The number of nitrogens with zero attached hydrogens (tertiary/aromatic N) is 1. The minimum absolute atomic E-state index is 0.380. The maximum Gasteiger partial charge on any atom is 0.122 e. The normalized spacial score (nSPS) is 12.2. The fourth-order valence-electron chi connectivity index (χ4n) is 2.24. The van der Waals surface area contributed by atoms with Crippen LogP contribution in [0.5, 0.6) is 5.75 Å². The zero-order valence-electron chi connectivity index (χ0n) is 12.4. The van der Waals surface area contributed by atoms with Crippen molar-refractivity contribution in [2.24, 2.45) is 0 Å². The second kappa shape index (κ2) is 7.06. The van der Waals surface area contributed by atoms with Gasteiger partial charge < -0.3 is 10.1 Å². The van der Waals surface area contributed by atoms with Crippen LogP contribution in [0.4, 0.5) is 0 Å². The van der Waals surface area contributed by atoms with Gasteiger partial charge in [0.15, 0.2) is 0 Å². The van der Waals surface area contributed by atoms with E-state index in [1.807, 2.05) is 30.6 Å². The highest BCUT2D eigenvalue weighted by Gasteiger charge is 2.08. The standard InChI is InChI=1S/C17H22N2O/c1-13-8-9-18-11-16(13)12-19-14(2)10-15-6-4-5-7-17(15)20-3/h4-9,11,14,19H,10,12H2,1-3H3. The molecule has 20 heavy (non-hydrogen) atoms. The molecule has 0 aliphatic heterocycles. The van der Waals surface area contributed by atoms with Crippen molar-refractivity contribution < 1.29 is 4.74 Å². The van der Waals surface area contributed by atoms with Gasteiger partial charge in [-0.15, -0.1) is 0 Å². The van der Waals surface area contributed by atoms with Gasteiger partial charge in [-0.05, 0) is 49.1 Å². The van der Waals surface area contributed by atoms with Crippen molar-refractivity contribution >= 4 is 0 Å². The van der Waals surface area contributed by atoms with Crippen LogP contribution in [0.15, 0.2) is 42.7 Å². The van der Waals surface area contributed by atoms with Crippen molar-refractivity contribution in [1.29, 1.82) is 0 Å². The van der Waals surface area contributed by atoms with Crippen molar-refractivity contribution in [3.05, 3.63) is 59.4 Å². The highest BCUT2D eigenvalue weighted by atomic mass is 16.5. The lowest BCUT2D eigenvalue weighted by Crippen LogP contribution is -2.28. The molecule has 0 spiro atoms. The summed E-state index contributed by atoms with van der Waals surface area (Å²) < 4.78 is 5.39. The second-order valence-electron chi connectivity index (χ2n) is 5.10. The Bertz CT molecular complexity index is 554. The highest BCUT2D eigenvalue weighted by Crippen LogP contribution is 2.19. The number of pyridine rings is 1. The first-order valence-electron chi connectivity index (χ1n) is 6.95. The van der Waals surface area contributed by atoms with Crippen molar-refractivity contribution in [3.8, 4) is 5.75 Å². The quantitative estimate of drug-likeness (QED) is 0.875. The predicted octanol–water partition coefficient (Wildman–Crippen LogP) is 3.12. The van der Waals surface area contributed by atoms with E-state index in [2.05, 4.69) is 36.3 Å². The maximum absolute atomic E-state index is 5.39. The zero-order valence-corrected chi connectivity index (χ0v) is 12.4. The van der Waals surface area contributed by atoms with E-state index >= 15 is 0 Å². The molecule has 0 radical (unpaired) electrons. The van der Waals surface area contributed by atoms with E-state index in [0.717, 1.165) is 18.7 Å². The number of hydrogen-bond donors (Lipinski definition) is 1. The Hall–Kier alpha value is -1.87. The Balaban J connectivity index is 1.93. The SMILES string of the molecule is COc1ccccc1CC(C)NCc1cnccc1C. The molecule has 1 aromatic carbocycles. The lowest BCUT2D eigenvalue weighted by atomic mass is 10.1. The van der Waals surface area contributed by atoms with Crippen LogP contribution in [0, 0.1) is 6.92 Å². The van der Waals surface area contributed by atoms with Gasteiger partial charge in [-0.2, -0.15) is 0 Å². The van der Waals surface area contributed by atoms with Gasteiger partial charge in [-0.1, -0.05) is 18.2 Å². The van der Waals surface area contributed by atoms with Crippen LogP contribution in [0.3, 0.4) is 0 Å². The van der Waals surface area contributed by atoms with Crippen molar-refractivity contribution in [2.75, 3.05) is 7.11 Å². The van der Waals surface area contributed by atoms with E-state index in [1.54, 1.807) is 7.11 Å². The second-order valence-corrected chi connectivity index (χ2v) is 5.10. The summed E-state index contributed by atoms with van der Waals surface area (Å²) in [5.74, 6) is 0.957. The Labute approximate surface area is 121 Å². The minimum atomic E-state index is 0.380. The third kappa shape index (κ3) is 3.81. The molecule has 3 nitrogen and oxygen atoms in total. The van der Waals surface area contributed by atoms with Crippen molar-refractivity contribution in [3.63, 3.8) is 0 Å². The van der Waals surface area contributed by atoms with Crippen LogP contribution in [-0.2, 0) is 13.0 Å². The highest BCUT2D eigenvalue weighted by molar-refractivity contribution is 5.33. The Morgan fingerprint density at radius 2 is 2.00 bits per heavy atom. The monoisotopic (exact) mass is 270 g/mol. The average molecular weight is 270 g/mol. The molecule has 2 rings (SSSR count). The average Bonchev–Trinajstić information content (AvgIpc) is 2.47. The van der Waals surface area contributed by atoms with E-state index in [9.17, 15) is 0 Å². The topological polar surface area (TPSA) is 34.1 Å². The van der Waals surface area contributed by atoms with Gasteiger partial charge in [0.1, 0.15) is 5.75 Å². The minimum Gasteiger partial charge on any atom is -0.496 e. The third-order valence-electron chi connectivity index (χ3n) is 3.51. The predicted molar refractivity (Wildman–Crippen MR) is 82.0 cm³/mol. The summed E-state index contributed by atoms with van der Waals surface area (Å²) >= 11 is 0. The smallest absolute Gasteiger partial charge is 0.122 e. The Morgan fingerprint density at radius 1 is 1.20 bits per heavy atom. The molecular formula is C17H22N2O. The number of benzene rings is 1. The van der Waals surface area contributed by atoms with E-state index in [4.69, 9.17) is 4.74 Å². The lowest BCUT2D eigenvalue weighted by molar-refractivity contribution is 0.406. The number of hydrogen-bond acceptors (Lipinski definition) is 3. The van der Waals surface area contributed by atoms with Crippen LogP contribution in [0.25, 0.3) is 0 Å². The number of aromatic nitrogens is 1. The number of methoxy groups -OCH3 is 1. The van der Waals surface area contributed by atoms with Gasteiger partial charge in [-0.3, -0.25) is 4.98 Å². The fraction of sp³-hybridized carbons (Fsp3) is 0.353. The molecule has 0 aliphatic rings. The summed E-state index contributed by atoms with van der Waals surface area (Å²) in [5, 5.41) is 3.54. The summed E-state index contributed by atoms with van der Waals surface area (Å²) in [6.45, 7) is 5.15. The summed E-state index contributed by atoms with van der Waals surface area (Å²) in [6, 6.07) is 10.6. The zero-order chi connectivity index (χ0) is 14.4. The molecule has 1 atom stereocenters. The van der Waals surface area contributed by atoms with Gasteiger partial charge in [0.2, 0.25) is 0 Å². The number of ether oxygens (including phenoxy) is 1. The molecular weight excluding hydrogens is 248 g/mol. The van der Waals surface area contributed by atoms with Crippen molar-refractivity contribution in [2.45, 2.75) is 32.9 Å². The first-order valence-corrected chi connectivity index (χ1v) is 6.95. The molecule has 0 bridgehead atoms. The summed E-state index contributed by atoms with van der Waals surface area (Å²) in [7, 11) is 1.72. The molecule has 0 aliphatic carbocycles. The summed E-state index contributed by atoms with van der Waals surface area (Å²) in [5.41, 5.74) is 3.76. The molecule has 2 aromatic rings. The number of rotatable bonds is 6. The van der Waals surface area contributed by atoms with Gasteiger partial charge in [0.25, 0.3) is 0 Å². The maximum atomic E-state index is 5.39. The van der Waals surface area contributed by atoms with E-state index < -0.39 is 0 Å². The van der Waals surface area contributed by atoms with Crippen LogP contribution in [0.2, 0.25) is 0 Å². The van der Waals surface area contributed by atoms with Gasteiger partial charge in [0, 0.05) is 25.0 Å². The molecule has 1 heterocycles. The molecule has 0 amide bonds. The molecule has 0 fully saturated rings. The Kier molecular flexibility index (Phi) is 5.13. The third-order valence-corrected chi connectivity index (χ3v) is 3.51. The van der Waals surface area contributed by atoms with E-state index in [0.29, 0.717) is 6.04 Å². The molecule has 1 aromatic heterocycles. The molecule has 106 valence electrons. The van der Waals surface area contributed by atoms with Crippen LogP contribution < -0.4 is 10.1 Å². The van der Waals surface area contributed by atoms with E-state index in [-0.39, 0.29) is 0 Å². The molecule has 1 N–H and O–H groups in total. The van der Waals surface area contributed by atoms with Crippen LogP contribution in [-0.4, -0.2) is 18.1 Å². The summed E-state index contributed by atoms with van der Waals surface area (Å²) in [4.78, 5) is 4.17. The first-order chi connectivity index (χ1) is 9.70. The summed E-state index contributed by atoms with van der Waals surface area (Å²) in [6.07, 6.45) is 4.71. The fourth-order valence-corrected chi connectivity index (χ4v) is 2.24. The van der Waals surface area contributed by atoms with Crippen LogP contribution >= 0.6 is 0 Å². The number of aryl methyl sites for hydroxylation is 1. The number of nitrogens with one attached hydrogen (secondary N) is 1. The Morgan fingerprint density at radius 3 is 2.75 bits per heavy atom. The lowest BCUT2D eigenvalue weighted by Gasteiger charge is -2.16. The van der Waals surface area contributed by atoms with Crippen LogP contribution in [0.1, 0.15) is 23.6 Å². The number of para-hydroxylation sites is 1. The first kappa shape index (κ1) is 14.5. The molecule has 0 saturated heterocycles.